The number of furan rings is 1. The maximum Gasteiger partial charge on any atom is 0.150 e. The molecule has 0 aliphatic heterocycles. The minimum absolute atomic E-state index is 0.806. The highest BCUT2D eigenvalue weighted by atomic mass is 32.1. The van der Waals surface area contributed by atoms with Crippen molar-refractivity contribution in [2.75, 3.05) is 0 Å². The summed E-state index contributed by atoms with van der Waals surface area (Å²) in [6, 6.07) is 7.44. The zero-order valence-electron chi connectivity index (χ0n) is 6.28. The summed E-state index contributed by atoms with van der Waals surface area (Å²) in [4.78, 5) is 3.05. The molecule has 0 amide bonds. The van der Waals surface area contributed by atoms with E-state index < -0.39 is 0 Å². The van der Waals surface area contributed by atoms with Crippen molar-refractivity contribution in [3.8, 4) is 11.5 Å². The van der Waals surface area contributed by atoms with Crippen LogP contribution in [0.2, 0.25) is 0 Å². The Morgan fingerprint density at radius 1 is 1.33 bits per heavy atom. The highest BCUT2D eigenvalue weighted by Gasteiger charge is 1.97. The van der Waals surface area contributed by atoms with Crippen LogP contribution in [0.1, 0.15) is 0 Å². The van der Waals surface area contributed by atoms with Crippen molar-refractivity contribution in [3.63, 3.8) is 0 Å². The Kier molecular flexibility index (Phi) is 1.80. The van der Waals surface area contributed by atoms with Crippen LogP contribution in [0.5, 0.6) is 0 Å². The van der Waals surface area contributed by atoms with E-state index in [1.807, 2.05) is 24.3 Å². The molecular formula is C9H7NOS. The first-order valence-corrected chi connectivity index (χ1v) is 4.00. The lowest BCUT2D eigenvalue weighted by atomic mass is 10.3. The molecule has 60 valence electrons. The average Bonchev–Trinajstić information content (AvgIpc) is 2.56. The van der Waals surface area contributed by atoms with E-state index in [0.717, 1.165) is 16.0 Å². The van der Waals surface area contributed by atoms with Crippen LogP contribution >= 0.6 is 12.2 Å². The highest BCUT2D eigenvalue weighted by Crippen LogP contribution is 2.16. The number of aromatic nitrogens is 1. The fourth-order valence-electron chi connectivity index (χ4n) is 1.02. The van der Waals surface area contributed by atoms with Gasteiger partial charge in [0.25, 0.3) is 0 Å². The molecule has 0 aliphatic carbocycles. The third-order valence-corrected chi connectivity index (χ3v) is 1.81. The summed E-state index contributed by atoms with van der Waals surface area (Å²) in [5.41, 5.74) is 0.910. The molecule has 2 rings (SSSR count). The van der Waals surface area contributed by atoms with Crippen molar-refractivity contribution in [2.45, 2.75) is 0 Å². The first-order valence-electron chi connectivity index (χ1n) is 3.59. The summed E-state index contributed by atoms with van der Waals surface area (Å²) >= 11 is 5.01. The summed E-state index contributed by atoms with van der Waals surface area (Å²) < 4.78 is 6.00. The van der Waals surface area contributed by atoms with Crippen molar-refractivity contribution in [3.05, 3.63) is 41.2 Å². The summed E-state index contributed by atoms with van der Waals surface area (Å²) in [5, 5.41) is 0. The van der Waals surface area contributed by atoms with Gasteiger partial charge in [0.1, 0.15) is 5.76 Å². The Bertz CT molecular complexity index is 416. The quantitative estimate of drug-likeness (QED) is 0.678. The molecule has 0 bridgehead atoms. The van der Waals surface area contributed by atoms with Crippen molar-refractivity contribution in [2.24, 2.45) is 0 Å². The molecule has 0 atom stereocenters. The van der Waals surface area contributed by atoms with Gasteiger partial charge in [-0.1, -0.05) is 12.2 Å². The Labute approximate surface area is 74.9 Å². The van der Waals surface area contributed by atoms with E-state index in [9.17, 15) is 0 Å². The third kappa shape index (κ3) is 1.31. The summed E-state index contributed by atoms with van der Waals surface area (Å²) in [6.07, 6.45) is 3.44. The van der Waals surface area contributed by atoms with E-state index in [-0.39, 0.29) is 0 Å². The molecule has 2 nitrogen and oxygen atoms in total. The first kappa shape index (κ1) is 7.31. The molecule has 2 aromatic heterocycles. The molecule has 0 spiro atoms. The predicted octanol–water partition coefficient (Wildman–Crippen LogP) is 3.00. The Morgan fingerprint density at radius 2 is 2.25 bits per heavy atom. The van der Waals surface area contributed by atoms with Crippen molar-refractivity contribution >= 4 is 12.2 Å². The summed E-state index contributed by atoms with van der Waals surface area (Å²) in [5.74, 6) is 0.807. The monoisotopic (exact) mass is 177 g/mol. The van der Waals surface area contributed by atoms with Gasteiger partial charge in [-0.3, -0.25) is 0 Å². The maximum absolute atomic E-state index is 5.20. The second-order valence-corrected chi connectivity index (χ2v) is 2.89. The largest absolute Gasteiger partial charge is 0.463 e. The Balaban J connectivity index is 2.55. The molecule has 0 radical (unpaired) electrons. The molecule has 2 heterocycles. The van der Waals surface area contributed by atoms with E-state index in [4.69, 9.17) is 16.6 Å². The van der Waals surface area contributed by atoms with Gasteiger partial charge in [-0.05, 0) is 24.3 Å². The van der Waals surface area contributed by atoms with E-state index in [1.165, 1.54) is 0 Å². The fourth-order valence-corrected chi connectivity index (χ4v) is 1.21. The molecular weight excluding hydrogens is 170 g/mol. The van der Waals surface area contributed by atoms with Crippen LogP contribution in [0.15, 0.2) is 41.1 Å². The minimum Gasteiger partial charge on any atom is -0.463 e. The number of hydrogen-bond acceptors (Lipinski definition) is 2. The first-order chi connectivity index (χ1) is 5.86. The molecule has 12 heavy (non-hydrogen) atoms. The zero-order valence-corrected chi connectivity index (χ0v) is 7.10. The Hall–Kier alpha value is -1.35. The normalized spacial score (nSPS) is 10.0. The van der Waals surface area contributed by atoms with Gasteiger partial charge in [-0.15, -0.1) is 0 Å². The summed E-state index contributed by atoms with van der Waals surface area (Å²) in [7, 11) is 0. The van der Waals surface area contributed by atoms with Crippen LogP contribution in [0.4, 0.5) is 0 Å². The van der Waals surface area contributed by atoms with Crippen LogP contribution in [-0.2, 0) is 0 Å². The molecule has 0 saturated carbocycles. The van der Waals surface area contributed by atoms with E-state index in [0.29, 0.717) is 0 Å². The lowest BCUT2D eigenvalue weighted by Gasteiger charge is -1.94. The molecule has 0 aromatic carbocycles. The van der Waals surface area contributed by atoms with E-state index >= 15 is 0 Å². The molecule has 1 N–H and O–H groups in total. The van der Waals surface area contributed by atoms with Crippen LogP contribution in [0.3, 0.4) is 0 Å². The fraction of sp³-hybridized carbons (Fsp3) is 0. The molecule has 2 aromatic rings. The van der Waals surface area contributed by atoms with Gasteiger partial charge in [0.2, 0.25) is 0 Å². The molecule has 0 aliphatic rings. The topological polar surface area (TPSA) is 28.9 Å². The molecule has 0 saturated heterocycles. The van der Waals surface area contributed by atoms with Crippen LogP contribution in [0.25, 0.3) is 11.5 Å². The van der Waals surface area contributed by atoms with Crippen molar-refractivity contribution < 1.29 is 4.42 Å². The van der Waals surface area contributed by atoms with Gasteiger partial charge in [0, 0.05) is 10.7 Å². The highest BCUT2D eigenvalue weighted by molar-refractivity contribution is 7.71. The average molecular weight is 177 g/mol. The molecule has 3 heteroatoms. The minimum atomic E-state index is 0.806. The van der Waals surface area contributed by atoms with Gasteiger partial charge < -0.3 is 9.40 Å². The number of pyridine rings is 1. The lowest BCUT2D eigenvalue weighted by molar-refractivity contribution is 0.580. The number of nitrogens with one attached hydrogen (secondary N) is 1. The van der Waals surface area contributed by atoms with Crippen LogP contribution in [0, 0.1) is 4.51 Å². The number of rotatable bonds is 1. The Morgan fingerprint density at radius 3 is 2.92 bits per heavy atom. The third-order valence-electron chi connectivity index (χ3n) is 1.56. The lowest BCUT2D eigenvalue weighted by Crippen LogP contribution is -1.78. The number of aromatic amines is 1. The SMILES string of the molecule is S=c1cc[nH]c(-c2ccco2)c1. The van der Waals surface area contributed by atoms with E-state index in [1.54, 1.807) is 12.5 Å². The van der Waals surface area contributed by atoms with Gasteiger partial charge in [0.15, 0.2) is 0 Å². The number of H-pyrrole nitrogens is 1. The van der Waals surface area contributed by atoms with Gasteiger partial charge >= 0.3 is 0 Å². The standard InChI is InChI=1S/C9H7NOS/c12-7-3-4-10-8(6-7)9-2-1-5-11-9/h1-6H,(H,10,12). The second kappa shape index (κ2) is 2.95. The van der Waals surface area contributed by atoms with Crippen molar-refractivity contribution in [1.82, 2.24) is 4.98 Å². The number of hydrogen-bond donors (Lipinski definition) is 1. The molecule has 0 unspecified atom stereocenters. The second-order valence-electron chi connectivity index (χ2n) is 2.42. The molecule has 0 fully saturated rings. The van der Waals surface area contributed by atoms with Crippen LogP contribution < -0.4 is 0 Å². The smallest absolute Gasteiger partial charge is 0.150 e. The zero-order chi connectivity index (χ0) is 8.39. The van der Waals surface area contributed by atoms with Gasteiger partial charge in [-0.25, -0.2) is 0 Å². The van der Waals surface area contributed by atoms with Crippen molar-refractivity contribution in [1.29, 1.82) is 0 Å². The van der Waals surface area contributed by atoms with E-state index in [2.05, 4.69) is 4.98 Å². The maximum atomic E-state index is 5.20. The van der Waals surface area contributed by atoms with Gasteiger partial charge in [0.05, 0.1) is 12.0 Å². The van der Waals surface area contributed by atoms with Gasteiger partial charge in [-0.2, -0.15) is 0 Å². The summed E-state index contributed by atoms with van der Waals surface area (Å²) in [6.45, 7) is 0. The van der Waals surface area contributed by atoms with Crippen LogP contribution in [-0.4, -0.2) is 4.98 Å². The predicted molar refractivity (Wildman–Crippen MR) is 49.3 cm³/mol.